The van der Waals surface area contributed by atoms with E-state index in [0.717, 1.165) is 0 Å². The molecule has 13 heteroatoms. The number of carbonyl (C=O) groups is 5. The van der Waals surface area contributed by atoms with Crippen molar-refractivity contribution in [2.75, 3.05) is 64.7 Å². The molecule has 1 fully saturated rings. The van der Waals surface area contributed by atoms with Crippen molar-refractivity contribution in [3.8, 4) is 0 Å². The maximum Gasteiger partial charge on any atom is 0.320 e. The molecule has 194 valence electrons. The van der Waals surface area contributed by atoms with E-state index in [1.165, 1.54) is 18.7 Å². The Balaban J connectivity index is 2.71. The largest absolute Gasteiger partial charge is 0.480 e. The first-order valence-electron chi connectivity index (χ1n) is 11.2. The monoisotopic (exact) mass is 504 g/mol. The molecule has 0 bridgehead atoms. The summed E-state index contributed by atoms with van der Waals surface area (Å²) in [4.78, 5) is 62.8. The van der Waals surface area contributed by atoms with Gasteiger partial charge in [0.1, 0.15) is 11.8 Å². The van der Waals surface area contributed by atoms with Crippen LogP contribution in [0, 0.1) is 0 Å². The highest BCUT2D eigenvalue weighted by atomic mass is 32.2. The van der Waals surface area contributed by atoms with E-state index >= 15 is 0 Å². The van der Waals surface area contributed by atoms with Gasteiger partial charge in [0.15, 0.2) is 0 Å². The number of carboxylic acids is 3. The molecule has 4 N–H and O–H groups in total. The molecule has 34 heavy (non-hydrogen) atoms. The van der Waals surface area contributed by atoms with Gasteiger partial charge in [-0.15, -0.1) is 11.8 Å². The smallest absolute Gasteiger partial charge is 0.320 e. The molecule has 0 aliphatic carbocycles. The molecule has 0 saturated carbocycles. The number of amides is 1. The molecule has 0 aromatic carbocycles. The summed E-state index contributed by atoms with van der Waals surface area (Å²) in [5.41, 5.74) is 0. The van der Waals surface area contributed by atoms with Crippen LogP contribution >= 0.6 is 11.8 Å². The van der Waals surface area contributed by atoms with Gasteiger partial charge in [0, 0.05) is 58.0 Å². The average Bonchev–Trinajstić information content (AvgIpc) is 2.82. The molecule has 12 nitrogen and oxygen atoms in total. The van der Waals surface area contributed by atoms with Gasteiger partial charge in [0.25, 0.3) is 0 Å². The van der Waals surface area contributed by atoms with Crippen molar-refractivity contribution in [1.82, 2.24) is 20.0 Å². The lowest BCUT2D eigenvalue weighted by molar-refractivity contribution is -0.144. The highest BCUT2D eigenvalue weighted by Crippen LogP contribution is 2.12. The Hall–Kier alpha value is -2.22. The predicted octanol–water partition coefficient (Wildman–Crippen LogP) is -0.864. The zero-order chi connectivity index (χ0) is 25.7. The van der Waals surface area contributed by atoms with Gasteiger partial charge in [-0.2, -0.15) is 0 Å². The highest BCUT2D eigenvalue weighted by molar-refractivity contribution is 8.00. The van der Waals surface area contributed by atoms with E-state index in [2.05, 4.69) is 5.32 Å². The van der Waals surface area contributed by atoms with Crippen LogP contribution < -0.4 is 5.32 Å². The molecule has 1 amide bonds. The molecule has 1 rings (SSSR count). The standard InChI is InChI=1S/C21H36N4O8S/c1-15(26)16(2)34-12-5-22-18(27)4-3-17(21(32)33)25-10-8-23(13-19(28)29)6-7-24(9-11-25)14-20(30)31/h16-17H,3-14H2,1-2H3,(H,22,27)(H,28,29)(H,30,31)(H,32,33). The predicted molar refractivity (Wildman–Crippen MR) is 126 cm³/mol. The van der Waals surface area contributed by atoms with Crippen LogP contribution in [0.3, 0.4) is 0 Å². The summed E-state index contributed by atoms with van der Waals surface area (Å²) in [6, 6.07) is -0.964. The Labute approximate surface area is 203 Å². The van der Waals surface area contributed by atoms with Gasteiger partial charge in [-0.25, -0.2) is 0 Å². The van der Waals surface area contributed by atoms with Crippen LogP contribution in [0.25, 0.3) is 0 Å². The van der Waals surface area contributed by atoms with Crippen molar-refractivity contribution in [2.45, 2.75) is 38.0 Å². The quantitative estimate of drug-likeness (QED) is 0.216. The Morgan fingerprint density at radius 2 is 1.38 bits per heavy atom. The van der Waals surface area contributed by atoms with Gasteiger partial charge in [0.05, 0.1) is 18.3 Å². The molecule has 1 aliphatic rings. The minimum absolute atomic E-state index is 0.00191. The number of hydrogen-bond acceptors (Lipinski definition) is 9. The van der Waals surface area contributed by atoms with Crippen molar-refractivity contribution < 1.29 is 39.3 Å². The summed E-state index contributed by atoms with van der Waals surface area (Å²) in [6.45, 7) is 5.13. The third-order valence-corrected chi connectivity index (χ3v) is 6.86. The molecule has 2 unspecified atom stereocenters. The number of ketones is 1. The van der Waals surface area contributed by atoms with Gasteiger partial charge in [-0.05, 0) is 20.3 Å². The summed E-state index contributed by atoms with van der Waals surface area (Å²) in [5, 5.41) is 30.7. The lowest BCUT2D eigenvalue weighted by atomic mass is 10.1. The number of Topliss-reactive ketones (excluding diaryl/α,β-unsaturated/α-hetero) is 1. The average molecular weight is 505 g/mol. The molecule has 1 heterocycles. The summed E-state index contributed by atoms with van der Waals surface area (Å²) >= 11 is 1.43. The Kier molecular flexibility index (Phi) is 13.7. The van der Waals surface area contributed by atoms with Crippen molar-refractivity contribution in [2.24, 2.45) is 0 Å². The fourth-order valence-electron chi connectivity index (χ4n) is 3.53. The van der Waals surface area contributed by atoms with Crippen molar-refractivity contribution in [3.05, 3.63) is 0 Å². The molecule has 0 spiro atoms. The minimum Gasteiger partial charge on any atom is -0.480 e. The SMILES string of the molecule is CC(=O)C(C)SCCNC(=O)CCC(C(=O)O)N1CCN(CC(=O)O)CCN(CC(=O)O)CC1. The Morgan fingerprint density at radius 1 is 0.882 bits per heavy atom. The van der Waals surface area contributed by atoms with Gasteiger partial charge in [0.2, 0.25) is 5.91 Å². The van der Waals surface area contributed by atoms with Crippen molar-refractivity contribution in [3.63, 3.8) is 0 Å². The zero-order valence-electron chi connectivity index (χ0n) is 19.8. The number of hydrogen-bond donors (Lipinski definition) is 4. The van der Waals surface area contributed by atoms with Crippen molar-refractivity contribution >= 4 is 41.4 Å². The molecule has 1 saturated heterocycles. The second kappa shape index (κ2) is 15.6. The first kappa shape index (κ1) is 29.8. The highest BCUT2D eigenvalue weighted by Gasteiger charge is 2.28. The van der Waals surface area contributed by atoms with E-state index in [1.54, 1.807) is 21.6 Å². The number of carbonyl (C=O) groups excluding carboxylic acids is 2. The zero-order valence-corrected chi connectivity index (χ0v) is 20.6. The summed E-state index contributed by atoms with van der Waals surface area (Å²) in [7, 11) is 0. The summed E-state index contributed by atoms with van der Waals surface area (Å²) < 4.78 is 0. The minimum atomic E-state index is -1.09. The molecule has 0 aromatic rings. The van der Waals surface area contributed by atoms with Crippen LogP contribution in [0.4, 0.5) is 0 Å². The van der Waals surface area contributed by atoms with Gasteiger partial charge >= 0.3 is 17.9 Å². The Bertz CT molecular complexity index is 695. The van der Waals surface area contributed by atoms with Crippen LogP contribution in [0.15, 0.2) is 0 Å². The van der Waals surface area contributed by atoms with Gasteiger partial charge in [-0.3, -0.25) is 38.7 Å². The van der Waals surface area contributed by atoms with Crippen LogP contribution in [0.2, 0.25) is 0 Å². The second-order valence-corrected chi connectivity index (χ2v) is 9.69. The van der Waals surface area contributed by atoms with Crippen LogP contribution in [-0.2, 0) is 24.0 Å². The molecule has 2 atom stereocenters. The molecule has 1 aliphatic heterocycles. The number of thioether (sulfide) groups is 1. The van der Waals surface area contributed by atoms with Crippen LogP contribution in [0.1, 0.15) is 26.7 Å². The molecule has 0 aromatic heterocycles. The number of aliphatic carboxylic acids is 3. The van der Waals surface area contributed by atoms with E-state index in [4.69, 9.17) is 10.2 Å². The van der Waals surface area contributed by atoms with Gasteiger partial charge in [-0.1, -0.05) is 0 Å². The first-order valence-corrected chi connectivity index (χ1v) is 12.3. The summed E-state index contributed by atoms with van der Waals surface area (Å²) in [6.07, 6.45) is 0.0636. The molecular weight excluding hydrogens is 468 g/mol. The molecular formula is C21H36N4O8S. The third kappa shape index (κ3) is 12.3. The number of nitrogens with one attached hydrogen (secondary N) is 1. The van der Waals surface area contributed by atoms with E-state index in [0.29, 0.717) is 38.5 Å². The molecule has 0 radical (unpaired) electrons. The topological polar surface area (TPSA) is 168 Å². The Morgan fingerprint density at radius 3 is 1.82 bits per heavy atom. The first-order chi connectivity index (χ1) is 16.0. The lowest BCUT2D eigenvalue weighted by Crippen LogP contribution is -2.47. The maximum atomic E-state index is 12.2. The van der Waals surface area contributed by atoms with E-state index in [1.807, 2.05) is 0 Å². The number of nitrogens with zero attached hydrogens (tertiary/aromatic N) is 3. The number of rotatable bonds is 14. The summed E-state index contributed by atoms with van der Waals surface area (Å²) in [5.74, 6) is -2.77. The van der Waals surface area contributed by atoms with Crippen molar-refractivity contribution in [1.29, 1.82) is 0 Å². The second-order valence-electron chi connectivity index (χ2n) is 8.24. The van der Waals surface area contributed by atoms with E-state index in [-0.39, 0.29) is 56.0 Å². The van der Waals surface area contributed by atoms with Crippen LogP contribution in [-0.4, -0.2) is 136 Å². The van der Waals surface area contributed by atoms with Gasteiger partial charge < -0.3 is 20.6 Å². The maximum absolute atomic E-state index is 12.2. The lowest BCUT2D eigenvalue weighted by Gasteiger charge is -2.30. The van der Waals surface area contributed by atoms with Crippen LogP contribution in [0.5, 0.6) is 0 Å². The number of carboxylic acid groups (broad SMARTS) is 3. The fraction of sp³-hybridized carbons (Fsp3) is 0.762. The third-order valence-electron chi connectivity index (χ3n) is 5.59. The van der Waals surface area contributed by atoms with E-state index in [9.17, 15) is 29.1 Å². The fourth-order valence-corrected chi connectivity index (χ4v) is 4.34. The van der Waals surface area contributed by atoms with E-state index < -0.39 is 23.9 Å². The normalized spacial score (nSPS) is 18.2.